The molecule has 2 aliphatic rings. The fourth-order valence-electron chi connectivity index (χ4n) is 4.81. The largest absolute Gasteiger partial charge is 0.457 e. The van der Waals surface area contributed by atoms with Crippen LogP contribution in [0.3, 0.4) is 0 Å². The van der Waals surface area contributed by atoms with Gasteiger partial charge in [0.25, 0.3) is 0 Å². The van der Waals surface area contributed by atoms with Gasteiger partial charge in [-0.3, -0.25) is 4.79 Å². The van der Waals surface area contributed by atoms with Crippen molar-refractivity contribution in [1.82, 2.24) is 10.6 Å². The van der Waals surface area contributed by atoms with Gasteiger partial charge in [0, 0.05) is 22.8 Å². The Labute approximate surface area is 230 Å². The number of rotatable bonds is 7. The minimum Gasteiger partial charge on any atom is -0.457 e. The van der Waals surface area contributed by atoms with Crippen LogP contribution in [0.4, 0.5) is 10.5 Å². The summed E-state index contributed by atoms with van der Waals surface area (Å²) in [5.41, 5.74) is 5.12. The number of ether oxygens (including phenoxy) is 1. The van der Waals surface area contributed by atoms with E-state index >= 15 is 0 Å². The molecule has 1 atom stereocenters. The van der Waals surface area contributed by atoms with Crippen LogP contribution in [0.25, 0.3) is 0 Å². The van der Waals surface area contributed by atoms with E-state index in [1.165, 1.54) is 0 Å². The molecule has 0 spiro atoms. The highest BCUT2D eigenvalue weighted by molar-refractivity contribution is 6.31. The Morgan fingerprint density at radius 3 is 2.67 bits per heavy atom. The Morgan fingerprint density at radius 1 is 1.00 bits per heavy atom. The number of halogens is 1. The zero-order valence-corrected chi connectivity index (χ0v) is 21.7. The lowest BCUT2D eigenvalue weighted by atomic mass is 9.90. The van der Waals surface area contributed by atoms with Crippen LogP contribution in [0, 0.1) is 11.3 Å². The molecule has 196 valence electrons. The predicted octanol–water partition coefficient (Wildman–Crippen LogP) is 5.08. The van der Waals surface area contributed by atoms with Gasteiger partial charge in [0.15, 0.2) is 0 Å². The van der Waals surface area contributed by atoms with Crippen LogP contribution >= 0.6 is 11.6 Å². The molecule has 3 aromatic carbocycles. The summed E-state index contributed by atoms with van der Waals surface area (Å²) < 4.78 is 5.71. The smallest absolute Gasteiger partial charge is 0.338 e. The second-order valence-electron chi connectivity index (χ2n) is 9.37. The molecule has 9 heteroatoms. The number of anilines is 1. The lowest BCUT2D eigenvalue weighted by Crippen LogP contribution is -2.46. The fourth-order valence-corrected chi connectivity index (χ4v) is 5.04. The van der Waals surface area contributed by atoms with Crippen molar-refractivity contribution in [3.8, 4) is 6.07 Å². The standard InChI is InChI=1S/C30H25ClN4O4/c31-23-7-2-1-6-20(23)8-12-25-27(29(37)39-17-19-5-3-4-18(14-19)16-32)28(35-30(38)34-25)22-9-11-24-21(15-22)10-13-26(36)33-24/h1-7,9,11,14-15,28H,8,10,12-13,17H2,(H,33,36)(H2,34,35,38). The summed E-state index contributed by atoms with van der Waals surface area (Å²) in [6.45, 7) is -0.0352. The van der Waals surface area contributed by atoms with E-state index in [0.29, 0.717) is 53.1 Å². The number of amides is 3. The molecule has 3 aromatic rings. The van der Waals surface area contributed by atoms with Crippen molar-refractivity contribution in [2.45, 2.75) is 38.3 Å². The highest BCUT2D eigenvalue weighted by atomic mass is 35.5. The number of nitrogens with zero attached hydrogens (tertiary/aromatic N) is 1. The predicted molar refractivity (Wildman–Crippen MR) is 146 cm³/mol. The first-order chi connectivity index (χ1) is 18.9. The molecule has 3 amide bonds. The number of urea groups is 1. The van der Waals surface area contributed by atoms with Crippen LogP contribution in [-0.4, -0.2) is 17.9 Å². The highest BCUT2D eigenvalue weighted by Crippen LogP contribution is 2.33. The number of hydrogen-bond acceptors (Lipinski definition) is 5. The molecule has 0 bridgehead atoms. The zero-order chi connectivity index (χ0) is 27.4. The molecule has 8 nitrogen and oxygen atoms in total. The van der Waals surface area contributed by atoms with Crippen molar-refractivity contribution in [1.29, 1.82) is 5.26 Å². The van der Waals surface area contributed by atoms with E-state index in [2.05, 4.69) is 22.0 Å². The van der Waals surface area contributed by atoms with Gasteiger partial charge in [-0.05, 0) is 65.8 Å². The third-order valence-electron chi connectivity index (χ3n) is 6.76. The fraction of sp³-hybridized carbons (Fsp3) is 0.200. The van der Waals surface area contributed by atoms with E-state index in [9.17, 15) is 19.6 Å². The number of carbonyl (C=O) groups excluding carboxylic acids is 3. The quantitative estimate of drug-likeness (QED) is 0.361. The van der Waals surface area contributed by atoms with Crippen LogP contribution in [0.15, 0.2) is 78.0 Å². The van der Waals surface area contributed by atoms with Crippen molar-refractivity contribution < 1.29 is 19.1 Å². The first-order valence-corrected chi connectivity index (χ1v) is 12.9. The normalized spacial score (nSPS) is 16.4. The third-order valence-corrected chi connectivity index (χ3v) is 7.13. The molecule has 0 aromatic heterocycles. The maximum atomic E-state index is 13.6. The summed E-state index contributed by atoms with van der Waals surface area (Å²) in [5.74, 6) is -0.632. The number of allylic oxidation sites excluding steroid dienone is 1. The second kappa shape index (κ2) is 11.4. The summed E-state index contributed by atoms with van der Waals surface area (Å²) in [6.07, 6.45) is 1.78. The number of hydrogen-bond donors (Lipinski definition) is 3. The van der Waals surface area contributed by atoms with Gasteiger partial charge in [0.05, 0.1) is 23.2 Å². The number of esters is 1. The molecule has 3 N–H and O–H groups in total. The summed E-state index contributed by atoms with van der Waals surface area (Å²) in [4.78, 5) is 38.2. The van der Waals surface area contributed by atoms with Crippen LogP contribution in [0.5, 0.6) is 0 Å². The van der Waals surface area contributed by atoms with Gasteiger partial charge in [-0.2, -0.15) is 5.26 Å². The number of benzene rings is 3. The Kier molecular flexibility index (Phi) is 7.62. The minimum atomic E-state index is -0.763. The first kappa shape index (κ1) is 26.0. The van der Waals surface area contributed by atoms with E-state index in [1.807, 2.05) is 24.3 Å². The average Bonchev–Trinajstić information content (AvgIpc) is 2.95. The first-order valence-electron chi connectivity index (χ1n) is 12.5. The van der Waals surface area contributed by atoms with Crippen LogP contribution in [0.2, 0.25) is 5.02 Å². The number of carbonyl (C=O) groups is 3. The van der Waals surface area contributed by atoms with Crippen molar-refractivity contribution in [3.05, 3.63) is 111 Å². The zero-order valence-electron chi connectivity index (χ0n) is 20.9. The summed E-state index contributed by atoms with van der Waals surface area (Å²) >= 11 is 6.35. The van der Waals surface area contributed by atoms with Gasteiger partial charge < -0.3 is 20.7 Å². The summed E-state index contributed by atoms with van der Waals surface area (Å²) in [5, 5.41) is 18.3. The van der Waals surface area contributed by atoms with Crippen LogP contribution < -0.4 is 16.0 Å². The SMILES string of the molecule is N#Cc1cccc(COC(=O)C2=C(CCc3ccccc3Cl)NC(=O)NC2c2ccc3c(c2)CCC(=O)N3)c1. The monoisotopic (exact) mass is 540 g/mol. The van der Waals surface area contributed by atoms with Crippen molar-refractivity contribution in [2.24, 2.45) is 0 Å². The molecule has 1 unspecified atom stereocenters. The molecule has 5 rings (SSSR count). The number of aryl methyl sites for hydroxylation is 2. The molecule has 39 heavy (non-hydrogen) atoms. The van der Waals surface area contributed by atoms with Gasteiger partial charge in [-0.15, -0.1) is 0 Å². The second-order valence-corrected chi connectivity index (χ2v) is 9.78. The van der Waals surface area contributed by atoms with E-state index < -0.39 is 18.0 Å². The van der Waals surface area contributed by atoms with Gasteiger partial charge in [-0.1, -0.05) is 54.1 Å². The van der Waals surface area contributed by atoms with E-state index in [0.717, 1.165) is 16.8 Å². The Hall–Kier alpha value is -4.61. The highest BCUT2D eigenvalue weighted by Gasteiger charge is 2.34. The maximum absolute atomic E-state index is 13.6. The molecule has 0 saturated carbocycles. The number of fused-ring (bicyclic) bond motifs is 1. The molecule has 2 heterocycles. The van der Waals surface area contributed by atoms with E-state index in [-0.39, 0.29) is 18.1 Å². The lowest BCUT2D eigenvalue weighted by molar-refractivity contribution is -0.140. The van der Waals surface area contributed by atoms with Crippen molar-refractivity contribution >= 4 is 35.2 Å². The molecular weight excluding hydrogens is 516 g/mol. The molecule has 0 saturated heterocycles. The van der Waals surface area contributed by atoms with Crippen molar-refractivity contribution in [3.63, 3.8) is 0 Å². The molecule has 0 aliphatic carbocycles. The average molecular weight is 541 g/mol. The van der Waals surface area contributed by atoms with Gasteiger partial charge in [-0.25, -0.2) is 9.59 Å². The Bertz CT molecular complexity index is 1540. The topological polar surface area (TPSA) is 120 Å². The van der Waals surface area contributed by atoms with Gasteiger partial charge >= 0.3 is 12.0 Å². The Balaban J connectivity index is 1.48. The summed E-state index contributed by atoms with van der Waals surface area (Å²) in [6, 6.07) is 20.6. The summed E-state index contributed by atoms with van der Waals surface area (Å²) in [7, 11) is 0. The molecule has 0 radical (unpaired) electrons. The van der Waals surface area contributed by atoms with Gasteiger partial charge in [0.2, 0.25) is 5.91 Å². The molecule has 2 aliphatic heterocycles. The maximum Gasteiger partial charge on any atom is 0.338 e. The molecule has 0 fully saturated rings. The van der Waals surface area contributed by atoms with Crippen molar-refractivity contribution in [2.75, 3.05) is 5.32 Å². The number of nitrogens with one attached hydrogen (secondary N) is 3. The van der Waals surface area contributed by atoms with Crippen LogP contribution in [0.1, 0.15) is 46.7 Å². The van der Waals surface area contributed by atoms with E-state index in [4.69, 9.17) is 16.3 Å². The van der Waals surface area contributed by atoms with E-state index in [1.54, 1.807) is 42.5 Å². The minimum absolute atomic E-state index is 0.0352. The number of nitriles is 1. The van der Waals surface area contributed by atoms with Crippen LogP contribution in [-0.2, 0) is 33.8 Å². The van der Waals surface area contributed by atoms with Gasteiger partial charge in [0.1, 0.15) is 6.61 Å². The Morgan fingerprint density at radius 2 is 1.85 bits per heavy atom. The molecular formula is C30H25ClN4O4. The third kappa shape index (κ3) is 5.95. The lowest BCUT2D eigenvalue weighted by Gasteiger charge is -2.30.